The number of hydrogen-bond acceptors (Lipinski definition) is 5. The van der Waals surface area contributed by atoms with Gasteiger partial charge in [0.15, 0.2) is 0 Å². The van der Waals surface area contributed by atoms with Crippen LogP contribution in [0.4, 0.5) is 0 Å². The van der Waals surface area contributed by atoms with E-state index in [4.69, 9.17) is 4.42 Å². The lowest BCUT2D eigenvalue weighted by atomic mass is 10.1. The maximum atomic E-state index is 13.0. The monoisotopic (exact) mass is 337 g/mol. The quantitative estimate of drug-likeness (QED) is 0.863. The lowest BCUT2D eigenvalue weighted by molar-refractivity contribution is 0.185. The Labute approximate surface area is 135 Å². The number of hydrogen-bond donors (Lipinski definition) is 2. The summed E-state index contributed by atoms with van der Waals surface area (Å²) in [6.07, 6.45) is 1.62. The van der Waals surface area contributed by atoms with E-state index in [0.717, 1.165) is 0 Å². The molecule has 1 saturated heterocycles. The molecule has 2 heterocycles. The lowest BCUT2D eigenvalue weighted by Crippen LogP contribution is -2.38. The topological polar surface area (TPSA) is 91.0 Å². The van der Waals surface area contributed by atoms with Crippen LogP contribution in [-0.2, 0) is 10.0 Å². The third-order valence-electron chi connectivity index (χ3n) is 4.15. The molecule has 3 rings (SSSR count). The maximum Gasteiger partial charge on any atom is 0.243 e. The number of aliphatic hydroxyl groups is 2. The van der Waals surface area contributed by atoms with Crippen molar-refractivity contribution in [1.82, 2.24) is 4.31 Å². The molecule has 1 aliphatic rings. The minimum absolute atomic E-state index is 0.0456. The zero-order valence-electron chi connectivity index (χ0n) is 12.5. The molecule has 1 fully saturated rings. The maximum absolute atomic E-state index is 13.0. The smallest absolute Gasteiger partial charge is 0.243 e. The summed E-state index contributed by atoms with van der Waals surface area (Å²) in [5.74, 6) is 0.285. The Bertz CT molecular complexity index is 757. The average molecular weight is 337 g/mol. The van der Waals surface area contributed by atoms with Crippen molar-refractivity contribution in [2.24, 2.45) is 0 Å². The number of sulfonamides is 1. The van der Waals surface area contributed by atoms with E-state index >= 15 is 0 Å². The van der Waals surface area contributed by atoms with Gasteiger partial charge in [0.1, 0.15) is 11.9 Å². The Morgan fingerprint density at radius 3 is 2.74 bits per heavy atom. The first-order valence-electron chi connectivity index (χ1n) is 7.49. The summed E-state index contributed by atoms with van der Waals surface area (Å²) in [7, 11) is -3.80. The molecule has 1 aliphatic heterocycles. The molecule has 124 valence electrons. The first kappa shape index (κ1) is 16.2. The highest BCUT2D eigenvalue weighted by Gasteiger charge is 2.37. The molecule has 2 N–H and O–H groups in total. The summed E-state index contributed by atoms with van der Waals surface area (Å²) in [5.41, 5.74) is 0.269. The molecule has 0 radical (unpaired) electrons. The molecule has 2 aromatic rings. The minimum atomic E-state index is -3.80. The van der Waals surface area contributed by atoms with E-state index in [1.165, 1.54) is 16.6 Å². The fourth-order valence-corrected chi connectivity index (χ4v) is 4.89. The van der Waals surface area contributed by atoms with E-state index in [1.54, 1.807) is 30.3 Å². The predicted molar refractivity (Wildman–Crippen MR) is 83.2 cm³/mol. The van der Waals surface area contributed by atoms with Crippen molar-refractivity contribution < 1.29 is 23.0 Å². The summed E-state index contributed by atoms with van der Waals surface area (Å²) in [6, 6.07) is 9.17. The average Bonchev–Trinajstić information content (AvgIpc) is 3.25. The van der Waals surface area contributed by atoms with Gasteiger partial charge in [-0.25, -0.2) is 8.42 Å². The standard InChI is InChI=1S/C16H19NO5S/c18-11-12-5-3-9-17(12)23(20,21)15-8-2-1-6-13(15)16(19)14-7-4-10-22-14/h1-2,4,6-8,10,12,16,18-19H,3,5,9,11H2/t12-,16-/m0/s1. The van der Waals surface area contributed by atoms with Crippen LogP contribution in [0, 0.1) is 0 Å². The van der Waals surface area contributed by atoms with Crippen LogP contribution < -0.4 is 0 Å². The van der Waals surface area contributed by atoms with Crippen molar-refractivity contribution in [2.75, 3.05) is 13.2 Å². The first-order valence-corrected chi connectivity index (χ1v) is 8.93. The molecular formula is C16H19NO5S. The van der Waals surface area contributed by atoms with Crippen LogP contribution in [-0.4, -0.2) is 42.1 Å². The molecular weight excluding hydrogens is 318 g/mol. The molecule has 1 aromatic heterocycles. The van der Waals surface area contributed by atoms with E-state index in [9.17, 15) is 18.6 Å². The Balaban J connectivity index is 2.03. The van der Waals surface area contributed by atoms with Gasteiger partial charge < -0.3 is 14.6 Å². The van der Waals surface area contributed by atoms with Crippen LogP contribution in [0.25, 0.3) is 0 Å². The van der Waals surface area contributed by atoms with Gasteiger partial charge >= 0.3 is 0 Å². The summed E-state index contributed by atoms with van der Waals surface area (Å²) in [5, 5.41) is 19.9. The highest BCUT2D eigenvalue weighted by molar-refractivity contribution is 7.89. The molecule has 0 saturated carbocycles. The molecule has 0 aliphatic carbocycles. The zero-order chi connectivity index (χ0) is 16.4. The van der Waals surface area contributed by atoms with Crippen molar-refractivity contribution in [1.29, 1.82) is 0 Å². The number of benzene rings is 1. The van der Waals surface area contributed by atoms with Gasteiger partial charge in [0.25, 0.3) is 0 Å². The van der Waals surface area contributed by atoms with Gasteiger partial charge in [0, 0.05) is 18.2 Å². The number of nitrogens with zero attached hydrogens (tertiary/aromatic N) is 1. The van der Waals surface area contributed by atoms with Gasteiger partial charge in [-0.3, -0.25) is 0 Å². The first-order chi connectivity index (χ1) is 11.1. The van der Waals surface area contributed by atoms with Crippen LogP contribution in [0.3, 0.4) is 0 Å². The highest BCUT2D eigenvalue weighted by Crippen LogP contribution is 2.32. The van der Waals surface area contributed by atoms with Crippen molar-refractivity contribution in [3.63, 3.8) is 0 Å². The summed E-state index contributed by atoms with van der Waals surface area (Å²) in [6.45, 7) is 0.168. The van der Waals surface area contributed by atoms with Crippen molar-refractivity contribution >= 4 is 10.0 Å². The second-order valence-electron chi connectivity index (χ2n) is 5.55. The molecule has 0 spiro atoms. The van der Waals surface area contributed by atoms with Crippen LogP contribution >= 0.6 is 0 Å². The van der Waals surface area contributed by atoms with Crippen molar-refractivity contribution in [3.8, 4) is 0 Å². The van der Waals surface area contributed by atoms with Crippen LogP contribution in [0.2, 0.25) is 0 Å². The molecule has 2 atom stereocenters. The summed E-state index contributed by atoms with van der Waals surface area (Å²) >= 11 is 0. The fourth-order valence-electron chi connectivity index (χ4n) is 2.98. The third-order valence-corrected chi connectivity index (χ3v) is 6.17. The number of aliphatic hydroxyl groups excluding tert-OH is 2. The SMILES string of the molecule is O=S(=O)(c1ccccc1[C@H](O)c1ccco1)N1CCC[C@H]1CO. The van der Waals surface area contributed by atoms with E-state index in [2.05, 4.69) is 0 Å². The Morgan fingerprint density at radius 1 is 1.26 bits per heavy atom. The molecule has 0 unspecified atom stereocenters. The molecule has 7 heteroatoms. The Hall–Kier alpha value is -1.67. The van der Waals surface area contributed by atoms with E-state index in [0.29, 0.717) is 19.4 Å². The van der Waals surface area contributed by atoms with Crippen LogP contribution in [0.5, 0.6) is 0 Å². The van der Waals surface area contributed by atoms with Crippen LogP contribution in [0.1, 0.15) is 30.3 Å². The number of rotatable bonds is 5. The molecule has 1 aromatic carbocycles. The highest BCUT2D eigenvalue weighted by atomic mass is 32.2. The number of furan rings is 1. The second-order valence-corrected chi connectivity index (χ2v) is 7.41. The normalized spacial score (nSPS) is 20.7. The lowest BCUT2D eigenvalue weighted by Gasteiger charge is -2.24. The molecule has 6 nitrogen and oxygen atoms in total. The van der Waals surface area contributed by atoms with Crippen molar-refractivity contribution in [3.05, 3.63) is 54.0 Å². The van der Waals surface area contributed by atoms with Crippen molar-refractivity contribution in [2.45, 2.75) is 29.9 Å². The van der Waals surface area contributed by atoms with E-state index in [-0.39, 0.29) is 22.8 Å². The zero-order valence-corrected chi connectivity index (χ0v) is 13.3. The second kappa shape index (κ2) is 6.45. The van der Waals surface area contributed by atoms with Gasteiger partial charge in [-0.2, -0.15) is 4.31 Å². The van der Waals surface area contributed by atoms with E-state index in [1.807, 2.05) is 0 Å². The van der Waals surface area contributed by atoms with Gasteiger partial charge in [0.2, 0.25) is 10.0 Å². The Kier molecular flexibility index (Phi) is 4.54. The van der Waals surface area contributed by atoms with Gasteiger partial charge in [-0.1, -0.05) is 18.2 Å². The molecule has 0 bridgehead atoms. The summed E-state index contributed by atoms with van der Waals surface area (Å²) in [4.78, 5) is 0.0456. The van der Waals surface area contributed by atoms with Gasteiger partial charge in [0.05, 0.1) is 17.8 Å². The molecule has 23 heavy (non-hydrogen) atoms. The van der Waals surface area contributed by atoms with E-state index < -0.39 is 22.2 Å². The van der Waals surface area contributed by atoms with Crippen LogP contribution in [0.15, 0.2) is 52.0 Å². The largest absolute Gasteiger partial charge is 0.466 e. The fraction of sp³-hybridized carbons (Fsp3) is 0.375. The Morgan fingerprint density at radius 2 is 2.04 bits per heavy atom. The van der Waals surface area contributed by atoms with Gasteiger partial charge in [-0.15, -0.1) is 0 Å². The minimum Gasteiger partial charge on any atom is -0.466 e. The predicted octanol–water partition coefficient (Wildman–Crippen LogP) is 1.51. The molecule has 0 amide bonds. The van der Waals surface area contributed by atoms with Gasteiger partial charge in [-0.05, 0) is 31.0 Å². The summed E-state index contributed by atoms with van der Waals surface area (Å²) < 4.78 is 32.5. The third kappa shape index (κ3) is 2.92.